The van der Waals surface area contributed by atoms with Crippen LogP contribution in [0.2, 0.25) is 0 Å². The van der Waals surface area contributed by atoms with Crippen LogP contribution in [-0.2, 0) is 7.05 Å². The maximum atomic E-state index is 12.7. The van der Waals surface area contributed by atoms with Crippen LogP contribution < -0.4 is 5.69 Å². The number of hydrogen-bond acceptors (Lipinski definition) is 6. The molecule has 1 saturated heterocycles. The van der Waals surface area contributed by atoms with E-state index < -0.39 is 0 Å². The molecule has 0 spiro atoms. The van der Waals surface area contributed by atoms with Crippen molar-refractivity contribution in [1.82, 2.24) is 28.8 Å². The van der Waals surface area contributed by atoms with Crippen molar-refractivity contribution >= 4 is 17.4 Å². The third kappa shape index (κ3) is 3.18. The van der Waals surface area contributed by atoms with Crippen molar-refractivity contribution in [2.75, 3.05) is 13.1 Å². The predicted octanol–water partition coefficient (Wildman–Crippen LogP) is 1.75. The molecular weight excluding hydrogens is 364 g/mol. The van der Waals surface area contributed by atoms with E-state index >= 15 is 0 Å². The minimum absolute atomic E-state index is 0.0116. The van der Waals surface area contributed by atoms with Crippen molar-refractivity contribution in [2.45, 2.75) is 25.7 Å². The quantitative estimate of drug-likeness (QED) is 0.687. The van der Waals surface area contributed by atoms with Crippen molar-refractivity contribution in [1.29, 1.82) is 0 Å². The Labute approximate surface area is 160 Å². The second-order valence-corrected chi connectivity index (χ2v) is 7.44. The molecule has 0 saturated carbocycles. The first kappa shape index (κ1) is 17.6. The van der Waals surface area contributed by atoms with E-state index in [0.717, 1.165) is 35.9 Å². The van der Waals surface area contributed by atoms with Crippen LogP contribution in [0.3, 0.4) is 0 Å². The molecule has 3 aromatic rings. The van der Waals surface area contributed by atoms with Crippen molar-refractivity contribution in [3.8, 4) is 5.69 Å². The topological polar surface area (TPSA) is 85.9 Å². The summed E-state index contributed by atoms with van der Waals surface area (Å²) >= 11 is 1.14. The number of piperidine rings is 1. The van der Waals surface area contributed by atoms with Gasteiger partial charge in [0.15, 0.2) is 0 Å². The lowest BCUT2D eigenvalue weighted by atomic mass is 9.95. The number of likely N-dealkylation sites (tertiary alicyclic amines) is 1. The molecule has 1 fully saturated rings. The van der Waals surface area contributed by atoms with Gasteiger partial charge in [-0.25, -0.2) is 14.0 Å². The number of amides is 1. The number of aryl methyl sites for hydroxylation is 2. The Morgan fingerprint density at radius 3 is 2.52 bits per heavy atom. The Kier molecular flexibility index (Phi) is 4.61. The summed E-state index contributed by atoms with van der Waals surface area (Å²) in [4.78, 5) is 27.7. The van der Waals surface area contributed by atoms with Gasteiger partial charge in [-0.3, -0.25) is 4.79 Å². The van der Waals surface area contributed by atoms with Gasteiger partial charge in [0, 0.05) is 26.1 Å². The molecule has 0 radical (unpaired) electrons. The number of carbonyl (C=O) groups excluding carboxylic acids is 1. The average Bonchev–Trinajstić information content (AvgIpc) is 3.25. The summed E-state index contributed by atoms with van der Waals surface area (Å²) in [5.41, 5.74) is 1.34. The lowest BCUT2D eigenvalue weighted by Crippen LogP contribution is -2.38. The maximum Gasteiger partial charge on any atom is 0.350 e. The van der Waals surface area contributed by atoms with Gasteiger partial charge in [0.05, 0.1) is 11.4 Å². The van der Waals surface area contributed by atoms with Gasteiger partial charge >= 0.3 is 5.69 Å². The fraction of sp³-hybridized carbons (Fsp3) is 0.389. The number of rotatable bonds is 3. The average molecular weight is 384 g/mol. The first-order valence-corrected chi connectivity index (χ1v) is 9.63. The summed E-state index contributed by atoms with van der Waals surface area (Å²) in [6.07, 6.45) is 1.53. The van der Waals surface area contributed by atoms with Gasteiger partial charge in [-0.15, -0.1) is 5.10 Å². The van der Waals surface area contributed by atoms with E-state index in [2.05, 4.69) is 14.7 Å². The van der Waals surface area contributed by atoms with E-state index in [-0.39, 0.29) is 17.5 Å². The molecule has 0 N–H and O–H groups in total. The van der Waals surface area contributed by atoms with E-state index in [0.29, 0.717) is 23.7 Å². The molecule has 8 nitrogen and oxygen atoms in total. The lowest BCUT2D eigenvalue weighted by molar-refractivity contribution is 0.0714. The smallest absolute Gasteiger partial charge is 0.338 e. The highest BCUT2D eigenvalue weighted by molar-refractivity contribution is 7.07. The predicted molar refractivity (Wildman–Crippen MR) is 101 cm³/mol. The molecule has 2 aromatic heterocycles. The van der Waals surface area contributed by atoms with Crippen LogP contribution in [0, 0.1) is 6.92 Å². The number of para-hydroxylation sites is 1. The molecule has 9 heteroatoms. The minimum atomic E-state index is -0.152. The van der Waals surface area contributed by atoms with Crippen LogP contribution in [0.5, 0.6) is 0 Å². The fourth-order valence-electron chi connectivity index (χ4n) is 3.48. The molecule has 0 unspecified atom stereocenters. The van der Waals surface area contributed by atoms with Crippen molar-refractivity contribution in [2.24, 2.45) is 7.05 Å². The van der Waals surface area contributed by atoms with Gasteiger partial charge in [-0.05, 0) is 43.4 Å². The summed E-state index contributed by atoms with van der Waals surface area (Å²) in [6.45, 7) is 3.05. The van der Waals surface area contributed by atoms with Gasteiger partial charge in [0.2, 0.25) is 0 Å². The molecule has 0 bridgehead atoms. The summed E-state index contributed by atoms with van der Waals surface area (Å²) in [5.74, 6) is 0.877. The van der Waals surface area contributed by atoms with Crippen LogP contribution in [0.1, 0.15) is 39.9 Å². The third-order valence-electron chi connectivity index (χ3n) is 4.96. The van der Waals surface area contributed by atoms with E-state index in [1.807, 2.05) is 35.2 Å². The largest absolute Gasteiger partial charge is 0.350 e. The molecule has 3 heterocycles. The second-order valence-electron chi connectivity index (χ2n) is 6.69. The Morgan fingerprint density at radius 1 is 1.19 bits per heavy atom. The monoisotopic (exact) mass is 384 g/mol. The van der Waals surface area contributed by atoms with Gasteiger partial charge in [-0.1, -0.05) is 22.7 Å². The van der Waals surface area contributed by atoms with E-state index in [9.17, 15) is 9.59 Å². The zero-order chi connectivity index (χ0) is 19.0. The Bertz CT molecular complexity index is 1010. The number of hydrogen-bond donors (Lipinski definition) is 0. The summed E-state index contributed by atoms with van der Waals surface area (Å²) in [5, 5.41) is 8.41. The number of benzene rings is 1. The van der Waals surface area contributed by atoms with Crippen molar-refractivity contribution in [3.05, 3.63) is 57.2 Å². The molecule has 1 aromatic carbocycles. The minimum Gasteiger partial charge on any atom is -0.338 e. The van der Waals surface area contributed by atoms with Crippen LogP contribution in [0.4, 0.5) is 0 Å². The van der Waals surface area contributed by atoms with Crippen LogP contribution in [-0.4, -0.2) is 47.8 Å². The SMILES string of the molecule is Cc1nnsc1C(=O)N1CCC(c2nn(C)c(=O)n2-c2ccccc2)CC1. The number of aromatic nitrogens is 5. The zero-order valence-corrected chi connectivity index (χ0v) is 16.0. The highest BCUT2D eigenvalue weighted by atomic mass is 32.1. The van der Waals surface area contributed by atoms with Gasteiger partial charge in [-0.2, -0.15) is 5.10 Å². The van der Waals surface area contributed by atoms with E-state index in [1.54, 1.807) is 18.5 Å². The molecule has 0 atom stereocenters. The van der Waals surface area contributed by atoms with Crippen LogP contribution in [0.15, 0.2) is 35.1 Å². The summed E-state index contributed by atoms with van der Waals surface area (Å²) in [6, 6.07) is 9.55. The number of nitrogens with zero attached hydrogens (tertiary/aromatic N) is 6. The highest BCUT2D eigenvalue weighted by Crippen LogP contribution is 2.28. The van der Waals surface area contributed by atoms with Crippen LogP contribution in [0.25, 0.3) is 5.69 Å². The normalized spacial score (nSPS) is 15.3. The van der Waals surface area contributed by atoms with E-state index in [1.165, 1.54) is 4.68 Å². The fourth-order valence-corrected chi connectivity index (χ4v) is 4.11. The molecular formula is C18H20N6O2S. The first-order valence-electron chi connectivity index (χ1n) is 8.86. The van der Waals surface area contributed by atoms with E-state index in [4.69, 9.17) is 0 Å². The molecule has 4 rings (SSSR count). The van der Waals surface area contributed by atoms with Gasteiger partial charge in [0.25, 0.3) is 5.91 Å². The third-order valence-corrected chi connectivity index (χ3v) is 5.77. The zero-order valence-electron chi connectivity index (χ0n) is 15.2. The van der Waals surface area contributed by atoms with Crippen molar-refractivity contribution in [3.63, 3.8) is 0 Å². The summed E-state index contributed by atoms with van der Waals surface area (Å²) < 4.78 is 6.91. The maximum absolute atomic E-state index is 12.7. The molecule has 1 aliphatic heterocycles. The highest BCUT2D eigenvalue weighted by Gasteiger charge is 2.30. The Hall–Kier alpha value is -2.81. The van der Waals surface area contributed by atoms with Crippen molar-refractivity contribution < 1.29 is 4.79 Å². The van der Waals surface area contributed by atoms with Gasteiger partial charge < -0.3 is 4.90 Å². The standard InChI is InChI=1S/C18H20N6O2S/c1-12-15(27-21-19-12)17(25)23-10-8-13(9-11-23)16-20-22(2)18(26)24(16)14-6-4-3-5-7-14/h3-7,13H,8-11H2,1-2H3. The number of carbonyl (C=O) groups is 1. The molecule has 0 aliphatic carbocycles. The molecule has 140 valence electrons. The Morgan fingerprint density at radius 2 is 1.89 bits per heavy atom. The molecule has 1 amide bonds. The lowest BCUT2D eigenvalue weighted by Gasteiger charge is -2.31. The van der Waals surface area contributed by atoms with Crippen LogP contribution >= 0.6 is 11.5 Å². The first-order chi connectivity index (χ1) is 13.1. The summed E-state index contributed by atoms with van der Waals surface area (Å²) in [7, 11) is 1.67. The van der Waals surface area contributed by atoms with Gasteiger partial charge in [0.1, 0.15) is 10.7 Å². The molecule has 1 aliphatic rings. The Balaban J connectivity index is 1.56. The second kappa shape index (κ2) is 7.07. The molecule has 27 heavy (non-hydrogen) atoms.